The quantitative estimate of drug-likeness (QED) is 0.189. The Balaban J connectivity index is 1.47. The molecule has 274 valence electrons. The van der Waals surface area contributed by atoms with Gasteiger partial charge in [0.25, 0.3) is 0 Å². The van der Waals surface area contributed by atoms with Gasteiger partial charge in [0.15, 0.2) is 0 Å². The number of benzene rings is 4. The van der Waals surface area contributed by atoms with E-state index in [-0.39, 0.29) is 27.1 Å². The van der Waals surface area contributed by atoms with Crippen molar-refractivity contribution < 1.29 is 0 Å². The molecule has 4 aromatic carbocycles. The molecule has 0 fully saturated rings. The second-order valence-electron chi connectivity index (χ2n) is 21.0. The maximum Gasteiger partial charge on any atom is 0.0108 e. The molecule has 0 amide bonds. The summed E-state index contributed by atoms with van der Waals surface area (Å²) in [6, 6.07) is 28.8. The predicted molar refractivity (Wildman–Crippen MR) is 229 cm³/mol. The van der Waals surface area contributed by atoms with E-state index in [1.807, 2.05) is 0 Å². The van der Waals surface area contributed by atoms with Crippen molar-refractivity contribution in [3.63, 3.8) is 0 Å². The van der Waals surface area contributed by atoms with Crippen LogP contribution >= 0.6 is 0 Å². The number of rotatable bonds is 6. The van der Waals surface area contributed by atoms with Gasteiger partial charge >= 0.3 is 0 Å². The van der Waals surface area contributed by atoms with Crippen molar-refractivity contribution in [2.75, 3.05) is 0 Å². The smallest absolute Gasteiger partial charge is 0.0108 e. The summed E-state index contributed by atoms with van der Waals surface area (Å²) < 4.78 is 0. The van der Waals surface area contributed by atoms with Crippen molar-refractivity contribution in [2.24, 2.45) is 11.3 Å². The minimum Gasteiger partial charge on any atom is -0.0627 e. The van der Waals surface area contributed by atoms with E-state index < -0.39 is 0 Å². The van der Waals surface area contributed by atoms with E-state index >= 15 is 0 Å². The van der Waals surface area contributed by atoms with Crippen LogP contribution in [0.3, 0.4) is 0 Å². The van der Waals surface area contributed by atoms with Crippen molar-refractivity contribution in [3.05, 3.63) is 128 Å². The lowest BCUT2D eigenvalue weighted by Gasteiger charge is -2.35. The van der Waals surface area contributed by atoms with E-state index in [1.54, 1.807) is 11.1 Å². The van der Waals surface area contributed by atoms with Crippen molar-refractivity contribution >= 4 is 12.2 Å². The van der Waals surface area contributed by atoms with E-state index in [1.165, 1.54) is 66.8 Å². The molecule has 0 saturated heterocycles. The fraction of sp³-hybridized carbons (Fsp3) is 0.462. The summed E-state index contributed by atoms with van der Waals surface area (Å²) in [7, 11) is 0. The lowest BCUT2D eigenvalue weighted by molar-refractivity contribution is 0.363. The third kappa shape index (κ3) is 7.42. The Labute approximate surface area is 317 Å². The van der Waals surface area contributed by atoms with Gasteiger partial charge in [-0.25, -0.2) is 0 Å². The molecule has 0 N–H and O–H groups in total. The first-order chi connectivity index (χ1) is 23.9. The van der Waals surface area contributed by atoms with Crippen LogP contribution in [0.4, 0.5) is 0 Å². The Morgan fingerprint density at radius 2 is 0.788 bits per heavy atom. The molecule has 0 spiro atoms. The maximum absolute atomic E-state index is 2.60. The predicted octanol–water partition coefficient (Wildman–Crippen LogP) is 14.8. The van der Waals surface area contributed by atoms with Crippen molar-refractivity contribution in [1.82, 2.24) is 0 Å². The molecule has 0 radical (unpaired) electrons. The van der Waals surface area contributed by atoms with Gasteiger partial charge in [-0.1, -0.05) is 200 Å². The second kappa shape index (κ2) is 13.0. The minimum atomic E-state index is -0.0333. The SMILES string of the molecule is CC(C)CC(C)(C1=Cc2c(cccc2-c2cc(C(C)(C)C)cc(C(C)(C)C)c2)C1)C1=Cc2c(cccc2-c2cc(C(C)(C)C)cc(C(C)(C)C)c2)C1. The molecule has 52 heavy (non-hydrogen) atoms. The lowest BCUT2D eigenvalue weighted by Crippen LogP contribution is -2.25. The van der Waals surface area contributed by atoms with Gasteiger partial charge in [-0.3, -0.25) is 0 Å². The maximum atomic E-state index is 2.60. The van der Waals surface area contributed by atoms with Gasteiger partial charge in [0.05, 0.1) is 0 Å². The molecule has 4 aromatic rings. The Morgan fingerprint density at radius 1 is 0.462 bits per heavy atom. The third-order valence-electron chi connectivity index (χ3n) is 12.0. The molecule has 0 nitrogen and oxygen atoms in total. The average molecular weight is 691 g/mol. The van der Waals surface area contributed by atoms with Crippen LogP contribution in [0.5, 0.6) is 0 Å². The van der Waals surface area contributed by atoms with Crippen LogP contribution in [0.2, 0.25) is 0 Å². The lowest BCUT2D eigenvalue weighted by atomic mass is 9.69. The Morgan fingerprint density at radius 3 is 1.08 bits per heavy atom. The van der Waals surface area contributed by atoms with Crippen LogP contribution in [0, 0.1) is 11.3 Å². The Hall–Kier alpha value is -3.64. The highest BCUT2D eigenvalue weighted by Gasteiger charge is 2.39. The zero-order chi connectivity index (χ0) is 38.2. The van der Waals surface area contributed by atoms with Gasteiger partial charge in [0.1, 0.15) is 0 Å². The van der Waals surface area contributed by atoms with Crippen molar-refractivity contribution in [1.29, 1.82) is 0 Å². The minimum absolute atomic E-state index is 0.0333. The standard InChI is InChI=1S/C52H66/c1-33(2)32-52(15,42-22-34-18-16-20-44(46(34)30-42)36-24-38(48(3,4)5)28-39(25-36)49(6,7)8)43-23-35-19-17-21-45(47(35)31-43)37-26-40(50(9,10)11)29-41(27-37)51(12,13)14/h16-21,24-31,33H,22-23,32H2,1-15H3. The number of hydrogen-bond acceptors (Lipinski definition) is 0. The molecule has 6 rings (SSSR count). The molecule has 0 heteroatoms. The first-order valence-corrected chi connectivity index (χ1v) is 19.9. The van der Waals surface area contributed by atoms with Crippen LogP contribution in [-0.4, -0.2) is 0 Å². The summed E-state index contributed by atoms with van der Waals surface area (Å²) in [6.45, 7) is 35.4. The van der Waals surface area contributed by atoms with Crippen LogP contribution in [0.15, 0.2) is 83.9 Å². The molecular formula is C52H66. The van der Waals surface area contributed by atoms with E-state index in [9.17, 15) is 0 Å². The van der Waals surface area contributed by atoms with Crippen molar-refractivity contribution in [2.45, 2.75) is 145 Å². The highest BCUT2D eigenvalue weighted by molar-refractivity contribution is 5.85. The van der Waals surface area contributed by atoms with E-state index in [2.05, 4.69) is 189 Å². The van der Waals surface area contributed by atoms with Crippen LogP contribution in [-0.2, 0) is 34.5 Å². The molecule has 0 aliphatic heterocycles. The van der Waals surface area contributed by atoms with Gasteiger partial charge in [-0.2, -0.15) is 0 Å². The Kier molecular flexibility index (Phi) is 9.55. The molecule has 2 aliphatic carbocycles. The average Bonchev–Trinajstić information content (AvgIpc) is 3.68. The molecule has 0 aromatic heterocycles. The Bertz CT molecular complexity index is 1850. The van der Waals surface area contributed by atoms with Crippen LogP contribution in [0.1, 0.15) is 155 Å². The zero-order valence-corrected chi connectivity index (χ0v) is 35.3. The second-order valence-corrected chi connectivity index (χ2v) is 21.0. The highest BCUT2D eigenvalue weighted by atomic mass is 14.4. The number of hydrogen-bond donors (Lipinski definition) is 0. The fourth-order valence-corrected chi connectivity index (χ4v) is 8.53. The first-order valence-electron chi connectivity index (χ1n) is 19.9. The van der Waals surface area contributed by atoms with Crippen LogP contribution in [0.25, 0.3) is 34.4 Å². The summed E-state index contributed by atoms with van der Waals surface area (Å²) in [5.41, 5.74) is 20.3. The summed E-state index contributed by atoms with van der Waals surface area (Å²) in [4.78, 5) is 0. The monoisotopic (exact) mass is 691 g/mol. The topological polar surface area (TPSA) is 0 Å². The zero-order valence-electron chi connectivity index (χ0n) is 35.3. The molecule has 0 atom stereocenters. The van der Waals surface area contributed by atoms with Gasteiger partial charge in [0, 0.05) is 5.41 Å². The first kappa shape index (κ1) is 38.1. The van der Waals surface area contributed by atoms with Gasteiger partial charge in [-0.05, 0) is 114 Å². The summed E-state index contributed by atoms with van der Waals surface area (Å²) in [6.07, 6.45) is 8.36. The summed E-state index contributed by atoms with van der Waals surface area (Å²) in [5.74, 6) is 0.578. The normalized spacial score (nSPS) is 15.2. The van der Waals surface area contributed by atoms with Crippen molar-refractivity contribution in [3.8, 4) is 22.3 Å². The van der Waals surface area contributed by atoms with E-state index in [0.29, 0.717) is 5.92 Å². The molecule has 2 aliphatic rings. The number of fused-ring (bicyclic) bond motifs is 2. The molecular weight excluding hydrogens is 625 g/mol. The number of allylic oxidation sites excluding steroid dienone is 2. The molecule has 0 heterocycles. The van der Waals surface area contributed by atoms with Crippen LogP contribution < -0.4 is 0 Å². The summed E-state index contributed by atoms with van der Waals surface area (Å²) in [5, 5.41) is 0. The van der Waals surface area contributed by atoms with E-state index in [4.69, 9.17) is 0 Å². The summed E-state index contributed by atoms with van der Waals surface area (Å²) >= 11 is 0. The van der Waals surface area contributed by atoms with Gasteiger partial charge < -0.3 is 0 Å². The molecule has 0 bridgehead atoms. The highest BCUT2D eigenvalue weighted by Crippen LogP contribution is 2.52. The fourth-order valence-electron chi connectivity index (χ4n) is 8.53. The third-order valence-corrected chi connectivity index (χ3v) is 12.0. The van der Waals surface area contributed by atoms with Gasteiger partial charge in [-0.15, -0.1) is 0 Å². The van der Waals surface area contributed by atoms with Gasteiger partial charge in [0.2, 0.25) is 0 Å². The molecule has 0 saturated carbocycles. The largest absolute Gasteiger partial charge is 0.0627 e. The van der Waals surface area contributed by atoms with E-state index in [0.717, 1.165) is 19.3 Å². The molecule has 0 unspecified atom stereocenters.